The molecule has 2 unspecified atom stereocenters. The summed E-state index contributed by atoms with van der Waals surface area (Å²) < 4.78 is 0. The third kappa shape index (κ3) is 1.98. The molecule has 0 bridgehead atoms. The van der Waals surface area contributed by atoms with Crippen LogP contribution in [0.15, 0.2) is 60.7 Å². The molecule has 3 aliphatic rings. The van der Waals surface area contributed by atoms with Crippen LogP contribution in [0.1, 0.15) is 55.7 Å². The van der Waals surface area contributed by atoms with Crippen molar-refractivity contribution in [1.82, 2.24) is 0 Å². The van der Waals surface area contributed by atoms with Crippen LogP contribution in [0, 0.1) is 0 Å². The summed E-state index contributed by atoms with van der Waals surface area (Å²) in [4.78, 5) is 2.60. The first-order valence-corrected chi connectivity index (χ1v) is 10.5. The first kappa shape index (κ1) is 16.2. The van der Waals surface area contributed by atoms with Crippen molar-refractivity contribution in [3.63, 3.8) is 0 Å². The van der Waals surface area contributed by atoms with Crippen molar-refractivity contribution in [2.75, 3.05) is 10.6 Å². The summed E-state index contributed by atoms with van der Waals surface area (Å²) >= 11 is 0. The largest absolute Gasteiger partial charge is 0.399 e. The molecule has 1 saturated carbocycles. The first-order chi connectivity index (χ1) is 13.6. The van der Waals surface area contributed by atoms with Crippen molar-refractivity contribution >= 4 is 17.1 Å². The van der Waals surface area contributed by atoms with Crippen molar-refractivity contribution in [1.29, 1.82) is 0 Å². The van der Waals surface area contributed by atoms with Gasteiger partial charge in [0, 0.05) is 34.4 Å². The minimum Gasteiger partial charge on any atom is -0.399 e. The third-order valence-electron chi connectivity index (χ3n) is 7.37. The fraction of sp³-hybridized carbons (Fsp3) is 0.308. The zero-order valence-corrected chi connectivity index (χ0v) is 16.6. The molecule has 2 nitrogen and oxygen atoms in total. The van der Waals surface area contributed by atoms with Gasteiger partial charge < -0.3 is 10.6 Å². The molecule has 3 aromatic rings. The van der Waals surface area contributed by atoms with E-state index in [9.17, 15) is 0 Å². The number of fused-ring (bicyclic) bond motifs is 6. The number of hydrogen-bond donors (Lipinski definition) is 1. The van der Waals surface area contributed by atoms with Crippen LogP contribution in [0.2, 0.25) is 0 Å². The van der Waals surface area contributed by atoms with Crippen LogP contribution < -0.4 is 10.6 Å². The number of nitrogens with zero attached hydrogens (tertiary/aromatic N) is 1. The Bertz CT molecular complexity index is 1110. The third-order valence-corrected chi connectivity index (χ3v) is 7.37. The summed E-state index contributed by atoms with van der Waals surface area (Å²) in [5.41, 5.74) is 16.9. The van der Waals surface area contributed by atoms with Crippen molar-refractivity contribution in [2.24, 2.45) is 0 Å². The van der Waals surface area contributed by atoms with Crippen molar-refractivity contribution < 1.29 is 0 Å². The molecule has 1 heterocycles. The highest BCUT2D eigenvalue weighted by atomic mass is 15.2. The van der Waals surface area contributed by atoms with Gasteiger partial charge in [0.2, 0.25) is 0 Å². The van der Waals surface area contributed by atoms with Gasteiger partial charge in [-0.2, -0.15) is 0 Å². The van der Waals surface area contributed by atoms with Gasteiger partial charge in [-0.15, -0.1) is 0 Å². The smallest absolute Gasteiger partial charge is 0.0451 e. The molecule has 3 aromatic carbocycles. The van der Waals surface area contributed by atoms with Crippen LogP contribution in [-0.2, 0) is 5.41 Å². The van der Waals surface area contributed by atoms with Gasteiger partial charge in [-0.25, -0.2) is 0 Å². The zero-order chi connectivity index (χ0) is 19.0. The van der Waals surface area contributed by atoms with Gasteiger partial charge in [0.25, 0.3) is 0 Å². The molecular formula is C26H26N2. The van der Waals surface area contributed by atoms with Crippen LogP contribution in [0.25, 0.3) is 11.1 Å². The van der Waals surface area contributed by atoms with E-state index in [1.165, 1.54) is 58.5 Å². The second-order valence-electron chi connectivity index (χ2n) is 9.19. The molecule has 2 atom stereocenters. The van der Waals surface area contributed by atoms with Gasteiger partial charge in [0.1, 0.15) is 0 Å². The Balaban J connectivity index is 1.52. The lowest BCUT2D eigenvalue weighted by molar-refractivity contribution is 0.638. The molecular weight excluding hydrogens is 340 g/mol. The van der Waals surface area contributed by atoms with Crippen LogP contribution in [0.5, 0.6) is 0 Å². The van der Waals surface area contributed by atoms with E-state index in [1.54, 1.807) is 0 Å². The van der Waals surface area contributed by atoms with Gasteiger partial charge in [-0.1, -0.05) is 50.6 Å². The first-order valence-electron chi connectivity index (χ1n) is 10.5. The lowest BCUT2D eigenvalue weighted by Gasteiger charge is -2.29. The SMILES string of the molecule is CC1(C)c2ccccc2-c2ccc(N3c4ccc(N)cc4C4CCCC43)cc21. The molecule has 28 heavy (non-hydrogen) atoms. The lowest BCUT2D eigenvalue weighted by atomic mass is 9.82. The molecule has 0 radical (unpaired) electrons. The van der Waals surface area contributed by atoms with E-state index in [-0.39, 0.29) is 5.41 Å². The van der Waals surface area contributed by atoms with Crippen LogP contribution >= 0.6 is 0 Å². The maximum absolute atomic E-state index is 6.14. The Morgan fingerprint density at radius 3 is 2.61 bits per heavy atom. The Hall–Kier alpha value is -2.74. The van der Waals surface area contributed by atoms with E-state index >= 15 is 0 Å². The standard InChI is InChI=1S/C26H26N2/c1-26(2)22-8-4-3-6-18(22)19-12-11-17(15-23(19)26)28-24-9-5-7-20(24)21-14-16(27)10-13-25(21)28/h3-4,6,8,10-15,20,24H,5,7,9,27H2,1-2H3. The Kier molecular flexibility index (Phi) is 3.14. The fourth-order valence-corrected chi connectivity index (χ4v) is 6.05. The summed E-state index contributed by atoms with van der Waals surface area (Å²) in [6.07, 6.45) is 3.85. The molecule has 2 heteroatoms. The van der Waals surface area contributed by atoms with Crippen LogP contribution in [0.3, 0.4) is 0 Å². The number of hydrogen-bond acceptors (Lipinski definition) is 2. The van der Waals surface area contributed by atoms with Gasteiger partial charge in [0.15, 0.2) is 0 Å². The number of nitrogen functional groups attached to an aromatic ring is 1. The molecule has 140 valence electrons. The topological polar surface area (TPSA) is 29.3 Å². The summed E-state index contributed by atoms with van der Waals surface area (Å²) in [5.74, 6) is 0.622. The van der Waals surface area contributed by atoms with Crippen molar-refractivity contribution in [2.45, 2.75) is 50.5 Å². The van der Waals surface area contributed by atoms with E-state index in [1.807, 2.05) is 0 Å². The fourth-order valence-electron chi connectivity index (χ4n) is 6.05. The number of nitrogens with two attached hydrogens (primary N) is 1. The molecule has 1 fully saturated rings. The van der Waals surface area contributed by atoms with Crippen LogP contribution in [-0.4, -0.2) is 6.04 Å². The lowest BCUT2D eigenvalue weighted by Crippen LogP contribution is -2.27. The Labute approximate surface area is 167 Å². The summed E-state index contributed by atoms with van der Waals surface area (Å²) in [5, 5.41) is 0. The quantitative estimate of drug-likeness (QED) is 0.508. The second-order valence-corrected chi connectivity index (χ2v) is 9.19. The van der Waals surface area contributed by atoms with Crippen molar-refractivity contribution in [3.8, 4) is 11.1 Å². The van der Waals surface area contributed by atoms with E-state index in [0.717, 1.165) is 5.69 Å². The summed E-state index contributed by atoms with van der Waals surface area (Å²) in [6, 6.07) is 23.1. The number of anilines is 3. The minimum absolute atomic E-state index is 0.0423. The average Bonchev–Trinajstić information content (AvgIpc) is 3.34. The molecule has 6 rings (SSSR count). The highest BCUT2D eigenvalue weighted by molar-refractivity contribution is 5.84. The summed E-state index contributed by atoms with van der Waals surface area (Å²) in [6.45, 7) is 4.72. The molecule has 2 aliphatic carbocycles. The average molecular weight is 367 g/mol. The van der Waals surface area contributed by atoms with Gasteiger partial charge in [-0.05, 0) is 71.0 Å². The van der Waals surface area contributed by atoms with Crippen LogP contribution in [0.4, 0.5) is 17.1 Å². The van der Waals surface area contributed by atoms with Gasteiger partial charge >= 0.3 is 0 Å². The summed E-state index contributed by atoms with van der Waals surface area (Å²) in [7, 11) is 0. The molecule has 0 spiro atoms. The maximum atomic E-state index is 6.14. The highest BCUT2D eigenvalue weighted by Crippen LogP contribution is 2.55. The predicted molar refractivity (Wildman–Crippen MR) is 117 cm³/mol. The normalized spacial score (nSPS) is 23.3. The van der Waals surface area contributed by atoms with Gasteiger partial charge in [0.05, 0.1) is 0 Å². The molecule has 0 aromatic heterocycles. The van der Waals surface area contributed by atoms with Crippen molar-refractivity contribution in [3.05, 3.63) is 77.4 Å². The zero-order valence-electron chi connectivity index (χ0n) is 16.6. The van der Waals surface area contributed by atoms with E-state index in [4.69, 9.17) is 5.73 Å². The molecule has 1 aliphatic heterocycles. The van der Waals surface area contributed by atoms with E-state index < -0.39 is 0 Å². The van der Waals surface area contributed by atoms with E-state index in [2.05, 4.69) is 79.4 Å². The van der Waals surface area contributed by atoms with Gasteiger partial charge in [-0.3, -0.25) is 0 Å². The number of rotatable bonds is 1. The Morgan fingerprint density at radius 2 is 1.71 bits per heavy atom. The molecule has 0 saturated heterocycles. The predicted octanol–water partition coefficient (Wildman–Crippen LogP) is 6.36. The monoisotopic (exact) mass is 366 g/mol. The Morgan fingerprint density at radius 1 is 0.893 bits per heavy atom. The maximum Gasteiger partial charge on any atom is 0.0451 e. The molecule has 0 amide bonds. The van der Waals surface area contributed by atoms with E-state index in [0.29, 0.717) is 12.0 Å². The molecule has 2 N–H and O–H groups in total. The second kappa shape index (κ2) is 5.41. The number of benzene rings is 3. The highest BCUT2D eigenvalue weighted by Gasteiger charge is 2.43. The minimum atomic E-state index is 0.0423.